The molecule has 0 aliphatic carbocycles. The van der Waals surface area contributed by atoms with Crippen molar-refractivity contribution in [2.45, 2.75) is 58.3 Å². The Kier molecular flexibility index (Phi) is 11.4. The van der Waals surface area contributed by atoms with Crippen LogP contribution in [-0.2, 0) is 35.4 Å². The Morgan fingerprint density at radius 1 is 1.10 bits per heavy atom. The molecule has 10 nitrogen and oxygen atoms in total. The van der Waals surface area contributed by atoms with Crippen molar-refractivity contribution in [3.8, 4) is 0 Å². The third-order valence-corrected chi connectivity index (χ3v) is 3.90. The molecule has 0 bridgehead atoms. The zero-order valence-electron chi connectivity index (χ0n) is 18.7. The summed E-state index contributed by atoms with van der Waals surface area (Å²) in [7, 11) is 2.62. The largest absolute Gasteiger partial charge is 0.469 e. The van der Waals surface area contributed by atoms with Crippen LogP contribution >= 0.6 is 0 Å². The summed E-state index contributed by atoms with van der Waals surface area (Å²) >= 11 is 0. The van der Waals surface area contributed by atoms with Gasteiger partial charge in [-0.2, -0.15) is 0 Å². The van der Waals surface area contributed by atoms with Crippen molar-refractivity contribution in [2.75, 3.05) is 20.8 Å². The molecule has 0 fully saturated rings. The molecule has 1 rings (SSSR count). The summed E-state index contributed by atoms with van der Waals surface area (Å²) < 4.78 is 15.2. The highest BCUT2D eigenvalue weighted by Gasteiger charge is 2.30. The third kappa shape index (κ3) is 11.2. The zero-order valence-corrected chi connectivity index (χ0v) is 18.7. The number of hydrogen-bond donors (Lipinski definition) is 1. The maximum Gasteiger partial charge on any atom is 0.429 e. The SMILES string of the molecule is COOCC(CCCC(=O)OC)N(NC(=O)OC(C)(C)C)C(=O)OCc1ccccc1. The summed E-state index contributed by atoms with van der Waals surface area (Å²) in [6.07, 6.45) is -0.825. The first-order valence-electron chi connectivity index (χ1n) is 9.88. The van der Waals surface area contributed by atoms with Crippen LogP contribution in [0.5, 0.6) is 0 Å². The summed E-state index contributed by atoms with van der Waals surface area (Å²) in [6, 6.07) is 8.41. The van der Waals surface area contributed by atoms with Gasteiger partial charge < -0.3 is 14.2 Å². The van der Waals surface area contributed by atoms with Gasteiger partial charge in [0.15, 0.2) is 0 Å². The monoisotopic (exact) mass is 440 g/mol. The number of benzene rings is 1. The molecule has 0 aliphatic rings. The maximum atomic E-state index is 12.8. The Morgan fingerprint density at radius 2 is 1.77 bits per heavy atom. The van der Waals surface area contributed by atoms with Gasteiger partial charge in [0.25, 0.3) is 0 Å². The summed E-state index contributed by atoms with van der Waals surface area (Å²) in [5.41, 5.74) is 2.43. The van der Waals surface area contributed by atoms with Crippen LogP contribution in [-0.4, -0.2) is 55.6 Å². The predicted octanol–water partition coefficient (Wildman–Crippen LogP) is 3.35. The Labute approximate surface area is 182 Å². The van der Waals surface area contributed by atoms with Gasteiger partial charge in [-0.3, -0.25) is 4.79 Å². The molecule has 1 unspecified atom stereocenters. The molecule has 1 N–H and O–H groups in total. The number of nitrogens with zero attached hydrogens (tertiary/aromatic N) is 1. The van der Waals surface area contributed by atoms with Crippen molar-refractivity contribution in [1.29, 1.82) is 0 Å². The molecule has 0 heterocycles. The summed E-state index contributed by atoms with van der Waals surface area (Å²) in [4.78, 5) is 46.2. The molecular weight excluding hydrogens is 408 g/mol. The third-order valence-electron chi connectivity index (χ3n) is 3.90. The van der Waals surface area contributed by atoms with Crippen molar-refractivity contribution < 1.29 is 38.4 Å². The highest BCUT2D eigenvalue weighted by molar-refractivity contribution is 5.74. The fourth-order valence-corrected chi connectivity index (χ4v) is 2.49. The number of hydrogen-bond acceptors (Lipinski definition) is 8. The van der Waals surface area contributed by atoms with Gasteiger partial charge in [0.2, 0.25) is 0 Å². The molecule has 2 amide bonds. The Hall–Kier alpha value is -2.85. The lowest BCUT2D eigenvalue weighted by atomic mass is 10.1. The number of nitrogens with one attached hydrogen (secondary N) is 1. The molecule has 0 saturated carbocycles. The molecule has 1 aromatic carbocycles. The predicted molar refractivity (Wildman–Crippen MR) is 110 cm³/mol. The van der Waals surface area contributed by atoms with E-state index in [1.54, 1.807) is 32.9 Å². The Morgan fingerprint density at radius 3 is 2.35 bits per heavy atom. The normalized spacial score (nSPS) is 11.9. The van der Waals surface area contributed by atoms with Gasteiger partial charge in [0.05, 0.1) is 20.3 Å². The first kappa shape index (κ1) is 26.2. The van der Waals surface area contributed by atoms with Gasteiger partial charge in [0.1, 0.15) is 18.8 Å². The second-order valence-corrected chi connectivity index (χ2v) is 7.60. The molecule has 0 aliphatic heterocycles. The van der Waals surface area contributed by atoms with Gasteiger partial charge >= 0.3 is 18.2 Å². The zero-order chi connectivity index (χ0) is 23.3. The number of carbonyl (C=O) groups excluding carboxylic acids is 3. The molecule has 0 radical (unpaired) electrons. The molecule has 0 spiro atoms. The van der Waals surface area contributed by atoms with Crippen LogP contribution in [0.1, 0.15) is 45.6 Å². The van der Waals surface area contributed by atoms with E-state index < -0.39 is 23.8 Å². The fraction of sp³-hybridized carbons (Fsp3) is 0.571. The van der Waals surface area contributed by atoms with Crippen LogP contribution < -0.4 is 5.43 Å². The highest BCUT2D eigenvalue weighted by Crippen LogP contribution is 2.14. The number of carbonyl (C=O) groups is 3. The van der Waals surface area contributed by atoms with E-state index in [1.807, 2.05) is 18.2 Å². The van der Waals surface area contributed by atoms with Crippen molar-refractivity contribution in [3.05, 3.63) is 35.9 Å². The van der Waals surface area contributed by atoms with Gasteiger partial charge in [-0.1, -0.05) is 30.3 Å². The minimum absolute atomic E-state index is 0.00614. The van der Waals surface area contributed by atoms with E-state index in [0.29, 0.717) is 12.8 Å². The molecule has 0 saturated heterocycles. The van der Waals surface area contributed by atoms with E-state index in [1.165, 1.54) is 14.2 Å². The van der Waals surface area contributed by atoms with Crippen LogP contribution in [0.4, 0.5) is 9.59 Å². The molecule has 31 heavy (non-hydrogen) atoms. The Balaban J connectivity index is 2.93. The Bertz CT molecular complexity index is 690. The summed E-state index contributed by atoms with van der Waals surface area (Å²) in [5.74, 6) is -0.385. The lowest BCUT2D eigenvalue weighted by molar-refractivity contribution is -0.280. The second kappa shape index (κ2) is 13.5. The lowest BCUT2D eigenvalue weighted by Gasteiger charge is -2.31. The van der Waals surface area contributed by atoms with Crippen molar-refractivity contribution in [2.24, 2.45) is 0 Å². The molecule has 1 atom stereocenters. The van der Waals surface area contributed by atoms with Gasteiger partial charge in [-0.05, 0) is 39.2 Å². The van der Waals surface area contributed by atoms with Crippen LogP contribution in [0, 0.1) is 0 Å². The standard InChI is InChI=1S/C21H32N2O8/c1-21(2,3)31-19(25)22-23(20(26)29-14-16-10-7-6-8-11-16)17(15-30-28-5)12-9-13-18(24)27-4/h6-8,10-11,17H,9,12-15H2,1-5H3,(H,22,25). The van der Waals surface area contributed by atoms with E-state index in [2.05, 4.69) is 15.1 Å². The number of amides is 2. The highest BCUT2D eigenvalue weighted by atomic mass is 17.2. The molecular formula is C21H32N2O8. The van der Waals surface area contributed by atoms with E-state index in [0.717, 1.165) is 10.6 Å². The van der Waals surface area contributed by atoms with Gasteiger partial charge in [0, 0.05) is 6.42 Å². The van der Waals surface area contributed by atoms with Crippen LogP contribution in [0.2, 0.25) is 0 Å². The molecule has 174 valence electrons. The van der Waals surface area contributed by atoms with E-state index in [9.17, 15) is 14.4 Å². The summed E-state index contributed by atoms with van der Waals surface area (Å²) in [5, 5.41) is 0.993. The number of rotatable bonds is 10. The number of hydrazine groups is 1. The van der Waals surface area contributed by atoms with Crippen molar-refractivity contribution >= 4 is 18.2 Å². The number of esters is 1. The maximum absolute atomic E-state index is 12.8. The van der Waals surface area contributed by atoms with Gasteiger partial charge in [-0.25, -0.2) is 29.8 Å². The first-order valence-corrected chi connectivity index (χ1v) is 9.88. The smallest absolute Gasteiger partial charge is 0.429 e. The summed E-state index contributed by atoms with van der Waals surface area (Å²) in [6.45, 7) is 5.03. The molecule has 1 aromatic rings. The quantitative estimate of drug-likeness (QED) is 0.255. The first-order chi connectivity index (χ1) is 14.7. The molecule has 10 heteroatoms. The minimum Gasteiger partial charge on any atom is -0.469 e. The second-order valence-electron chi connectivity index (χ2n) is 7.60. The minimum atomic E-state index is -0.834. The van der Waals surface area contributed by atoms with E-state index >= 15 is 0 Å². The van der Waals surface area contributed by atoms with Crippen molar-refractivity contribution in [1.82, 2.24) is 10.4 Å². The van der Waals surface area contributed by atoms with Gasteiger partial charge in [-0.15, -0.1) is 0 Å². The van der Waals surface area contributed by atoms with Crippen LogP contribution in [0.15, 0.2) is 30.3 Å². The topological polar surface area (TPSA) is 113 Å². The number of ether oxygens (including phenoxy) is 3. The molecule has 0 aromatic heterocycles. The average molecular weight is 440 g/mol. The fourth-order valence-electron chi connectivity index (χ4n) is 2.49. The van der Waals surface area contributed by atoms with Crippen molar-refractivity contribution in [3.63, 3.8) is 0 Å². The van der Waals surface area contributed by atoms with Crippen LogP contribution in [0.3, 0.4) is 0 Å². The lowest BCUT2D eigenvalue weighted by Crippen LogP contribution is -2.54. The number of methoxy groups -OCH3 is 1. The average Bonchev–Trinajstić information content (AvgIpc) is 2.72. The van der Waals surface area contributed by atoms with Crippen LogP contribution in [0.25, 0.3) is 0 Å². The van der Waals surface area contributed by atoms with E-state index in [4.69, 9.17) is 14.4 Å². The van der Waals surface area contributed by atoms with E-state index in [-0.39, 0.29) is 25.6 Å².